The molecule has 0 spiro atoms. The van der Waals surface area contributed by atoms with Crippen LogP contribution in [0, 0.1) is 0 Å². The molecule has 174 valence electrons. The number of nitrogens with one attached hydrogen (secondary N) is 1. The number of methoxy groups -OCH3 is 1. The zero-order chi connectivity index (χ0) is 24.2. The van der Waals surface area contributed by atoms with E-state index in [4.69, 9.17) is 7.38 Å². The summed E-state index contributed by atoms with van der Waals surface area (Å²) in [4.78, 5) is 22.9. The van der Waals surface area contributed by atoms with Crippen LogP contribution in [0.5, 0.6) is 5.75 Å². The second kappa shape index (κ2) is 11.2. The fourth-order valence-corrected chi connectivity index (χ4v) is 16.2. The molecule has 0 atom stereocenters. The van der Waals surface area contributed by atoms with Crippen molar-refractivity contribution in [2.24, 2.45) is 0 Å². The van der Waals surface area contributed by atoms with Gasteiger partial charge < -0.3 is 0 Å². The average Bonchev–Trinajstić information content (AvgIpc) is 3.02. The van der Waals surface area contributed by atoms with Crippen LogP contribution in [-0.4, -0.2) is 38.0 Å². The molecule has 0 fully saturated rings. The van der Waals surface area contributed by atoms with Gasteiger partial charge in [-0.05, 0) is 0 Å². The first-order valence-corrected chi connectivity index (χ1v) is 18.7. The molecule has 6 nitrogen and oxygen atoms in total. The fourth-order valence-electron chi connectivity index (χ4n) is 5.57. The van der Waals surface area contributed by atoms with Crippen LogP contribution in [-0.2, 0) is 43.7 Å². The first-order chi connectivity index (χ1) is 15.0. The zero-order valence-electron chi connectivity index (χ0n) is 21.2. The van der Waals surface area contributed by atoms with Gasteiger partial charge in [-0.1, -0.05) is 0 Å². The molecule has 1 amide bonds. The summed E-state index contributed by atoms with van der Waals surface area (Å²) in [5, 5.41) is 4.11. The molecule has 2 aromatic rings. The Morgan fingerprint density at radius 1 is 1.06 bits per heavy atom. The molecule has 1 aromatic carbocycles. The molecule has 0 saturated heterocycles. The van der Waals surface area contributed by atoms with Gasteiger partial charge in [0, 0.05) is 0 Å². The molecule has 1 aromatic heterocycles. The number of rotatable bonds is 10. The summed E-state index contributed by atoms with van der Waals surface area (Å²) < 4.78 is 15.0. The molecular weight excluding hydrogens is 609 g/mol. The number of nitrogens with zero attached hydrogens (tertiary/aromatic N) is 1. The first-order valence-electron chi connectivity index (χ1n) is 11.6. The van der Waals surface area contributed by atoms with E-state index in [-0.39, 0.29) is 11.9 Å². The molecule has 0 aliphatic carbocycles. The van der Waals surface area contributed by atoms with Crippen molar-refractivity contribution in [1.82, 2.24) is 9.55 Å². The third-order valence-electron chi connectivity index (χ3n) is 6.68. The van der Waals surface area contributed by atoms with Gasteiger partial charge in [-0.2, -0.15) is 0 Å². The molecule has 0 unspecified atom stereocenters. The van der Waals surface area contributed by atoms with Crippen LogP contribution >= 0.6 is 0 Å². The Labute approximate surface area is 206 Å². The van der Waals surface area contributed by atoms with E-state index in [1.54, 1.807) is 14.0 Å². The van der Waals surface area contributed by atoms with Crippen molar-refractivity contribution >= 4 is 34.1 Å². The number of ether oxygens (including phenoxy) is 1. The van der Waals surface area contributed by atoms with Crippen molar-refractivity contribution in [1.29, 1.82) is 0 Å². The normalized spacial score (nSPS) is 11.9. The van der Waals surface area contributed by atoms with Gasteiger partial charge in [0.1, 0.15) is 0 Å². The van der Waals surface area contributed by atoms with Gasteiger partial charge in [-0.3, -0.25) is 0 Å². The molecule has 1 N–H and O–H groups in total. The molecule has 32 heavy (non-hydrogen) atoms. The van der Waals surface area contributed by atoms with E-state index in [0.717, 1.165) is 15.2 Å². The number of hydrogen-bond donors (Lipinski definition) is 1. The molecule has 0 radical (unpaired) electrons. The van der Waals surface area contributed by atoms with E-state index in [1.807, 2.05) is 0 Å². The van der Waals surface area contributed by atoms with Crippen molar-refractivity contribution in [3.05, 3.63) is 23.9 Å². The Balaban J connectivity index is 2.80. The number of carbonyl (C=O) groups excluding carboxylic acids is 2. The second-order valence-corrected chi connectivity index (χ2v) is 20.5. The van der Waals surface area contributed by atoms with Crippen LogP contribution in [0.2, 0.25) is 16.6 Å². The molecule has 1 heterocycles. The van der Waals surface area contributed by atoms with E-state index in [2.05, 4.69) is 69.4 Å². The predicted molar refractivity (Wildman–Crippen MR) is 129 cm³/mol. The number of fused-ring (bicyclic) bond motifs is 1. The molecular formula is C24H38HgN2O4Si. The Bertz CT molecular complexity index is 947. The summed E-state index contributed by atoms with van der Waals surface area (Å²) in [5.74, 6) is 0.583. The van der Waals surface area contributed by atoms with Crippen molar-refractivity contribution in [3.8, 4) is 5.75 Å². The first kappa shape index (κ1) is 26.9. The molecule has 2 rings (SSSR count). The second-order valence-electron chi connectivity index (χ2n) is 9.57. The van der Waals surface area contributed by atoms with E-state index >= 15 is 0 Å². The number of amides is 1. The van der Waals surface area contributed by atoms with E-state index < -0.39 is 33.3 Å². The van der Waals surface area contributed by atoms with Crippen LogP contribution in [0.3, 0.4) is 0 Å². The van der Waals surface area contributed by atoms with Crippen molar-refractivity contribution < 1.29 is 42.0 Å². The Hall–Kier alpha value is -1.35. The maximum atomic E-state index is 11.5. The van der Waals surface area contributed by atoms with Gasteiger partial charge >= 0.3 is 207 Å². The summed E-state index contributed by atoms with van der Waals surface area (Å²) in [6.45, 7) is 17.8. The van der Waals surface area contributed by atoms with E-state index in [0.29, 0.717) is 23.2 Å². The number of hydrogen-bond acceptors (Lipinski definition) is 4. The topological polar surface area (TPSA) is 69.6 Å². The summed E-state index contributed by atoms with van der Waals surface area (Å²) >= 11 is -2.11. The van der Waals surface area contributed by atoms with Crippen molar-refractivity contribution in [2.45, 2.75) is 78.4 Å². The van der Waals surface area contributed by atoms with Crippen LogP contribution in [0.15, 0.2) is 18.3 Å². The van der Waals surface area contributed by atoms with Crippen LogP contribution < -0.4 is 13.1 Å². The number of benzene rings is 1. The van der Waals surface area contributed by atoms with Gasteiger partial charge in [-0.25, -0.2) is 0 Å². The minimum absolute atomic E-state index is 0.0140. The molecule has 0 aliphatic rings. The van der Waals surface area contributed by atoms with Gasteiger partial charge in [0.15, 0.2) is 0 Å². The summed E-state index contributed by atoms with van der Waals surface area (Å²) in [5.41, 5.74) is 4.08. The number of aromatic nitrogens is 1. The Kier molecular flexibility index (Phi) is 9.40. The summed E-state index contributed by atoms with van der Waals surface area (Å²) in [7, 11) is -0.322. The van der Waals surface area contributed by atoms with Gasteiger partial charge in [0.25, 0.3) is 0 Å². The van der Waals surface area contributed by atoms with Crippen LogP contribution in [0.1, 0.15) is 61.0 Å². The zero-order valence-corrected chi connectivity index (χ0v) is 27.7. The van der Waals surface area contributed by atoms with E-state index in [1.165, 1.54) is 23.4 Å². The third-order valence-corrected chi connectivity index (χ3v) is 18.9. The summed E-state index contributed by atoms with van der Waals surface area (Å²) in [6.07, 6.45) is 3.10. The quantitative estimate of drug-likeness (QED) is 0.385. The molecule has 0 saturated carbocycles. The molecule has 0 bridgehead atoms. The van der Waals surface area contributed by atoms with Crippen LogP contribution in [0.25, 0.3) is 10.9 Å². The standard InChI is InChI=1S/C22H35N2O2Si.C2H4O2.Hg/c1-15(2)27(16(3)4,17(5)6)24-14-19(11-12-23-18(7)25)21-13-20(26-8)9-10-22(21)24;1-2(3)4;/h10,13-17H,11-12H2,1-8H3,(H,23,25);1H3,(H,3,4);/q;;+1/p-1. The fraction of sp³-hybridized carbons (Fsp3) is 0.583. The predicted octanol–water partition coefficient (Wildman–Crippen LogP) is 4.54. The Morgan fingerprint density at radius 2 is 1.66 bits per heavy atom. The molecule has 0 aliphatic heterocycles. The third kappa shape index (κ3) is 5.41. The van der Waals surface area contributed by atoms with Crippen molar-refractivity contribution in [2.75, 3.05) is 13.7 Å². The van der Waals surface area contributed by atoms with E-state index in [9.17, 15) is 9.59 Å². The Morgan fingerprint density at radius 3 is 2.12 bits per heavy atom. The minimum atomic E-state index is -2.11. The van der Waals surface area contributed by atoms with Crippen LogP contribution in [0.4, 0.5) is 0 Å². The SMILES string of the molecule is COc1cc2c(CCNC(C)=O)cn([Si](C(C)C)(C(C)C)C(C)C)c2c[c]1[Hg][O]C(C)=O. The van der Waals surface area contributed by atoms with Gasteiger partial charge in [0.2, 0.25) is 0 Å². The van der Waals surface area contributed by atoms with Gasteiger partial charge in [0.05, 0.1) is 0 Å². The maximum absolute atomic E-state index is 11.5. The number of carbonyl (C=O) groups is 2. The molecule has 8 heteroatoms. The summed E-state index contributed by atoms with van der Waals surface area (Å²) in [6, 6.07) is 4.35. The van der Waals surface area contributed by atoms with Crippen molar-refractivity contribution in [3.63, 3.8) is 0 Å². The monoisotopic (exact) mass is 648 g/mol. The van der Waals surface area contributed by atoms with Gasteiger partial charge in [-0.15, -0.1) is 0 Å². The average molecular weight is 647 g/mol.